The number of carbonyl (C=O) groups is 1. The summed E-state index contributed by atoms with van der Waals surface area (Å²) in [5.41, 5.74) is 1.96. The second-order valence-corrected chi connectivity index (χ2v) is 6.99. The number of fused-ring (bicyclic) bond motifs is 2. The van der Waals surface area contributed by atoms with E-state index < -0.39 is 11.7 Å². The van der Waals surface area contributed by atoms with E-state index in [4.69, 9.17) is 0 Å². The molecule has 1 amide bonds. The van der Waals surface area contributed by atoms with Crippen LogP contribution in [-0.4, -0.2) is 34.2 Å². The van der Waals surface area contributed by atoms with Gasteiger partial charge in [0.15, 0.2) is 0 Å². The Morgan fingerprint density at radius 2 is 2.00 bits per heavy atom. The van der Waals surface area contributed by atoms with Gasteiger partial charge in [-0.15, -0.1) is 0 Å². The topological polar surface area (TPSA) is 41.4 Å². The van der Waals surface area contributed by atoms with Gasteiger partial charge in [-0.25, -0.2) is 0 Å². The Balaban J connectivity index is 1.74. The SMILES string of the molecule is CN1Cc2c(cc(CN3CCCc4nn(C)cc43)cc2C(F)(F)F)C1=O. The quantitative estimate of drug-likeness (QED) is 0.823. The van der Waals surface area contributed by atoms with E-state index in [-0.39, 0.29) is 23.6 Å². The Bertz CT molecular complexity index is 887. The Kier molecular flexibility index (Phi) is 3.75. The summed E-state index contributed by atoms with van der Waals surface area (Å²) in [7, 11) is 3.36. The van der Waals surface area contributed by atoms with E-state index in [0.717, 1.165) is 30.8 Å². The van der Waals surface area contributed by atoms with Crippen molar-refractivity contribution in [1.82, 2.24) is 14.7 Å². The predicted molar refractivity (Wildman–Crippen MR) is 89.8 cm³/mol. The van der Waals surface area contributed by atoms with Gasteiger partial charge in [-0.3, -0.25) is 9.48 Å². The number of halogens is 3. The largest absolute Gasteiger partial charge is 0.416 e. The molecule has 0 spiro atoms. The highest BCUT2D eigenvalue weighted by Gasteiger charge is 2.39. The van der Waals surface area contributed by atoms with Gasteiger partial charge in [-0.1, -0.05) is 0 Å². The third kappa shape index (κ3) is 2.73. The minimum absolute atomic E-state index is 0.000240. The molecule has 1 aromatic heterocycles. The summed E-state index contributed by atoms with van der Waals surface area (Å²) in [4.78, 5) is 15.6. The Morgan fingerprint density at radius 3 is 2.73 bits per heavy atom. The van der Waals surface area contributed by atoms with Crippen LogP contribution in [0.3, 0.4) is 0 Å². The maximum absolute atomic E-state index is 13.5. The number of aryl methyl sites for hydroxylation is 2. The van der Waals surface area contributed by atoms with Crippen LogP contribution in [-0.2, 0) is 32.7 Å². The van der Waals surface area contributed by atoms with Gasteiger partial charge in [0.05, 0.1) is 16.9 Å². The predicted octanol–water partition coefficient (Wildman–Crippen LogP) is 2.98. The minimum atomic E-state index is -4.48. The number of hydrogen-bond acceptors (Lipinski definition) is 3. The highest BCUT2D eigenvalue weighted by molar-refractivity contribution is 5.98. The van der Waals surface area contributed by atoms with Gasteiger partial charge in [0.1, 0.15) is 0 Å². The van der Waals surface area contributed by atoms with Gasteiger partial charge in [-0.2, -0.15) is 18.3 Å². The standard InChI is InChI=1S/C18H19F3N4O/c1-23-9-13-12(17(23)26)6-11(7-14(13)18(19,20)21)8-25-5-3-4-15-16(25)10-24(2)22-15/h6-7,10H,3-5,8-9H2,1-2H3. The fourth-order valence-electron chi connectivity index (χ4n) is 3.86. The molecule has 5 nitrogen and oxygen atoms in total. The summed E-state index contributed by atoms with van der Waals surface area (Å²) in [6, 6.07) is 2.80. The van der Waals surface area contributed by atoms with Gasteiger partial charge < -0.3 is 9.80 Å². The number of carbonyl (C=O) groups excluding carboxylic acids is 1. The highest BCUT2D eigenvalue weighted by atomic mass is 19.4. The van der Waals surface area contributed by atoms with Crippen LogP contribution in [0.15, 0.2) is 18.3 Å². The van der Waals surface area contributed by atoms with Crippen molar-refractivity contribution in [3.8, 4) is 0 Å². The van der Waals surface area contributed by atoms with Crippen LogP contribution < -0.4 is 4.90 Å². The monoisotopic (exact) mass is 364 g/mol. The molecule has 0 saturated carbocycles. The molecule has 0 fully saturated rings. The average Bonchev–Trinajstić information content (AvgIpc) is 3.07. The molecule has 4 rings (SSSR count). The number of amides is 1. The average molecular weight is 364 g/mol. The molecular formula is C18H19F3N4O. The lowest BCUT2D eigenvalue weighted by atomic mass is 9.98. The second-order valence-electron chi connectivity index (χ2n) is 6.99. The summed E-state index contributed by atoms with van der Waals surface area (Å²) < 4.78 is 42.4. The second kappa shape index (κ2) is 5.75. The third-order valence-corrected chi connectivity index (χ3v) is 5.03. The van der Waals surface area contributed by atoms with Crippen molar-refractivity contribution in [1.29, 1.82) is 0 Å². The number of anilines is 1. The number of alkyl halides is 3. The molecule has 0 radical (unpaired) electrons. The third-order valence-electron chi connectivity index (χ3n) is 5.03. The summed E-state index contributed by atoms with van der Waals surface area (Å²) >= 11 is 0. The van der Waals surface area contributed by atoms with E-state index in [1.807, 2.05) is 18.1 Å². The first-order valence-corrected chi connectivity index (χ1v) is 8.50. The smallest absolute Gasteiger partial charge is 0.364 e. The van der Waals surface area contributed by atoms with Crippen LogP contribution in [0.25, 0.3) is 0 Å². The first kappa shape index (κ1) is 16.9. The molecular weight excluding hydrogens is 345 g/mol. The van der Waals surface area contributed by atoms with E-state index in [9.17, 15) is 18.0 Å². The van der Waals surface area contributed by atoms with Gasteiger partial charge in [0.25, 0.3) is 5.91 Å². The van der Waals surface area contributed by atoms with Crippen LogP contribution in [0.5, 0.6) is 0 Å². The van der Waals surface area contributed by atoms with Crippen molar-refractivity contribution in [2.45, 2.75) is 32.1 Å². The van der Waals surface area contributed by atoms with Gasteiger partial charge in [-0.05, 0) is 36.1 Å². The Morgan fingerprint density at radius 1 is 1.23 bits per heavy atom. The molecule has 1 aromatic carbocycles. The number of rotatable bonds is 2. The van der Waals surface area contributed by atoms with E-state index in [2.05, 4.69) is 5.10 Å². The Labute approximate surface area is 149 Å². The lowest BCUT2D eigenvalue weighted by Crippen LogP contribution is -2.28. The molecule has 2 aliphatic heterocycles. The minimum Gasteiger partial charge on any atom is -0.364 e. The Hall–Kier alpha value is -2.51. The number of benzene rings is 1. The number of hydrogen-bond donors (Lipinski definition) is 0. The molecule has 8 heteroatoms. The summed E-state index contributed by atoms with van der Waals surface area (Å²) in [6.07, 6.45) is -0.810. The van der Waals surface area contributed by atoms with E-state index >= 15 is 0 Å². The maximum Gasteiger partial charge on any atom is 0.416 e. The molecule has 26 heavy (non-hydrogen) atoms. The summed E-state index contributed by atoms with van der Waals surface area (Å²) in [5.74, 6) is -0.354. The van der Waals surface area contributed by atoms with Crippen molar-refractivity contribution < 1.29 is 18.0 Å². The van der Waals surface area contributed by atoms with Crippen molar-refractivity contribution >= 4 is 11.6 Å². The number of aromatic nitrogens is 2. The van der Waals surface area contributed by atoms with Crippen molar-refractivity contribution in [2.24, 2.45) is 7.05 Å². The lowest BCUT2D eigenvalue weighted by Gasteiger charge is -2.28. The van der Waals surface area contributed by atoms with Crippen molar-refractivity contribution in [2.75, 3.05) is 18.5 Å². The van der Waals surface area contributed by atoms with E-state index in [1.165, 1.54) is 18.0 Å². The normalized spacial score (nSPS) is 16.9. The molecule has 0 bridgehead atoms. The molecule has 138 valence electrons. The van der Waals surface area contributed by atoms with E-state index in [0.29, 0.717) is 12.1 Å². The first-order valence-electron chi connectivity index (χ1n) is 8.50. The summed E-state index contributed by atoms with van der Waals surface area (Å²) in [5, 5.41) is 4.41. The molecule has 0 unspecified atom stereocenters. The number of nitrogens with zero attached hydrogens (tertiary/aromatic N) is 4. The molecule has 0 N–H and O–H groups in total. The molecule has 2 aliphatic rings. The fraction of sp³-hybridized carbons (Fsp3) is 0.444. The zero-order valence-corrected chi connectivity index (χ0v) is 14.6. The molecule has 0 saturated heterocycles. The van der Waals surface area contributed by atoms with E-state index in [1.54, 1.807) is 10.7 Å². The van der Waals surface area contributed by atoms with Crippen LogP contribution in [0.2, 0.25) is 0 Å². The first-order chi connectivity index (χ1) is 12.2. The van der Waals surface area contributed by atoms with Crippen LogP contribution in [0, 0.1) is 0 Å². The van der Waals surface area contributed by atoms with Crippen molar-refractivity contribution in [3.63, 3.8) is 0 Å². The molecule has 2 aromatic rings. The van der Waals surface area contributed by atoms with Crippen molar-refractivity contribution in [3.05, 3.63) is 46.3 Å². The molecule has 3 heterocycles. The lowest BCUT2D eigenvalue weighted by molar-refractivity contribution is -0.138. The molecule has 0 atom stereocenters. The van der Waals surface area contributed by atoms with Crippen LogP contribution in [0.4, 0.5) is 18.9 Å². The van der Waals surface area contributed by atoms with Gasteiger partial charge in [0.2, 0.25) is 0 Å². The van der Waals surface area contributed by atoms with Crippen LogP contribution in [0.1, 0.15) is 39.2 Å². The summed E-state index contributed by atoms with van der Waals surface area (Å²) in [6.45, 7) is 1.08. The van der Waals surface area contributed by atoms with Gasteiger partial charge >= 0.3 is 6.18 Å². The van der Waals surface area contributed by atoms with Gasteiger partial charge in [0, 0.05) is 45.5 Å². The maximum atomic E-state index is 13.5. The fourth-order valence-corrected chi connectivity index (χ4v) is 3.86. The van der Waals surface area contributed by atoms with Crippen LogP contribution >= 0.6 is 0 Å². The zero-order valence-electron chi connectivity index (χ0n) is 14.6. The highest BCUT2D eigenvalue weighted by Crippen LogP contribution is 2.38. The molecule has 0 aliphatic carbocycles. The zero-order chi connectivity index (χ0) is 18.6.